The van der Waals surface area contributed by atoms with E-state index < -0.39 is 14.7 Å². The molecule has 0 aromatic heterocycles. The Morgan fingerprint density at radius 3 is 0.889 bits per heavy atom. The van der Waals surface area contributed by atoms with E-state index >= 15 is 0 Å². The molecule has 8 N–H and O–H groups in total. The van der Waals surface area contributed by atoms with Gasteiger partial charge in [-0.3, -0.25) is 0 Å². The van der Waals surface area contributed by atoms with Gasteiger partial charge in [0.2, 0.25) is 0 Å². The first-order valence-corrected chi connectivity index (χ1v) is 8.19. The Balaban J connectivity index is -0.0000000133. The minimum absolute atomic E-state index is 0. The normalized spacial score (nSPS) is 8.44. The maximum atomic E-state index is 7.79. The molecule has 0 atom stereocenters. The molecule has 0 bridgehead atoms. The van der Waals surface area contributed by atoms with Gasteiger partial charge in [0.15, 0.2) is 0 Å². The van der Waals surface area contributed by atoms with Gasteiger partial charge in [-0.05, 0) is 0 Å². The zero-order valence-corrected chi connectivity index (χ0v) is 7.16. The second kappa shape index (κ2) is 13.7. The Morgan fingerprint density at radius 2 is 0.889 bits per heavy atom. The standard InChI is InChI=1S/2ClH.2H3N.2Na.2H2O.Pt.2H/h2*1H;2*1H3;;;2*1H2;;;/q;;;;;;;;+4;;/p-4. The maximum absolute atomic E-state index is 7.79. The van der Waals surface area contributed by atoms with Gasteiger partial charge in [0, 0.05) is 0 Å². The Bertz CT molecular complexity index is 36.0. The van der Waals surface area contributed by atoms with E-state index in [4.69, 9.17) is 7.52 Å². The van der Waals surface area contributed by atoms with Crippen molar-refractivity contribution >= 4 is 78.0 Å². The molecule has 0 rings (SSSR count). The van der Waals surface area contributed by atoms with Gasteiger partial charge in [-0.1, -0.05) is 0 Å². The summed E-state index contributed by atoms with van der Waals surface area (Å²) in [7, 11) is 9.17. The molecule has 9 heteroatoms. The first-order valence-electron chi connectivity index (χ1n) is 0.522. The van der Waals surface area contributed by atoms with E-state index in [0.717, 1.165) is 0 Å². The van der Waals surface area contributed by atoms with Gasteiger partial charge in [0.25, 0.3) is 0 Å². The SMILES string of the molecule is N.N.[NaH].[NaH].[OH][Pt]([OH])([Cl])[Cl]. The van der Waals surface area contributed by atoms with E-state index in [9.17, 15) is 0 Å². The summed E-state index contributed by atoms with van der Waals surface area (Å²) in [5.74, 6) is 0. The van der Waals surface area contributed by atoms with E-state index in [2.05, 4.69) is 18.8 Å². The number of rotatable bonds is 0. The topological polar surface area (TPSA) is 110 Å². The van der Waals surface area contributed by atoms with Crippen LogP contribution in [0.2, 0.25) is 0 Å². The van der Waals surface area contributed by atoms with Crippen molar-refractivity contribution in [2.45, 2.75) is 0 Å². The molecule has 0 heterocycles. The molecule has 0 unspecified atom stereocenters. The molecule has 0 aliphatic heterocycles. The summed E-state index contributed by atoms with van der Waals surface area (Å²) >= 11 is -4.00. The van der Waals surface area contributed by atoms with Gasteiger partial charge < -0.3 is 12.3 Å². The second-order valence-corrected chi connectivity index (χ2v) is 9.10. The molecule has 0 spiro atoms. The summed E-state index contributed by atoms with van der Waals surface area (Å²) in [5, 5.41) is 0. The van der Waals surface area contributed by atoms with Crippen LogP contribution >= 0.6 is 18.8 Å². The molecular formula is H10Cl2N2Na2O2Pt. The molecule has 0 saturated carbocycles. The van der Waals surface area contributed by atoms with Crippen LogP contribution in [0.1, 0.15) is 0 Å². The molecule has 0 aliphatic carbocycles. The molecule has 0 saturated heterocycles. The summed E-state index contributed by atoms with van der Waals surface area (Å²) in [6.07, 6.45) is 0. The fraction of sp³-hybridized carbons (Fsp3) is 0. The Labute approximate surface area is 110 Å². The fourth-order valence-electron chi connectivity index (χ4n) is 0. The zero-order valence-electron chi connectivity index (χ0n) is 3.38. The average molecular weight is 382 g/mol. The molecule has 9 heavy (non-hydrogen) atoms. The number of halogens is 2. The van der Waals surface area contributed by atoms with Crippen molar-refractivity contribution < 1.29 is 22.3 Å². The third-order valence-electron chi connectivity index (χ3n) is 0. The average Bonchev–Trinajstić information content (AvgIpc) is 0.722. The molecular weight excluding hydrogens is 372 g/mol. The van der Waals surface area contributed by atoms with Crippen LogP contribution in [0.4, 0.5) is 0 Å². The summed E-state index contributed by atoms with van der Waals surface area (Å²) in [4.78, 5) is 0. The molecule has 0 aliphatic rings. The quantitative estimate of drug-likeness (QED) is 0.415. The van der Waals surface area contributed by atoms with E-state index in [0.29, 0.717) is 0 Å². The monoisotopic (exact) mass is 381 g/mol. The predicted octanol–water partition coefficient (Wildman–Crippen LogP) is -0.711. The predicted molar refractivity (Wildman–Crippen MR) is 40.5 cm³/mol. The second-order valence-electron chi connectivity index (χ2n) is 0.322. The van der Waals surface area contributed by atoms with Gasteiger partial charge >= 0.3 is 100 Å². The minimum atomic E-state index is -4.00. The molecule has 4 nitrogen and oxygen atoms in total. The summed E-state index contributed by atoms with van der Waals surface area (Å²) in [6.45, 7) is 0. The van der Waals surface area contributed by atoms with Gasteiger partial charge in [0.05, 0.1) is 0 Å². The van der Waals surface area contributed by atoms with Crippen LogP contribution in [0.25, 0.3) is 0 Å². The van der Waals surface area contributed by atoms with Crippen LogP contribution < -0.4 is 12.3 Å². The van der Waals surface area contributed by atoms with Gasteiger partial charge in [-0.15, -0.1) is 0 Å². The van der Waals surface area contributed by atoms with Crippen LogP contribution in [-0.4, -0.2) is 66.6 Å². The molecule has 0 fully saturated rings. The molecule has 0 radical (unpaired) electrons. The van der Waals surface area contributed by atoms with E-state index in [1.165, 1.54) is 0 Å². The number of hydrogen-bond acceptors (Lipinski definition) is 4. The molecule has 0 aromatic carbocycles. The van der Waals surface area contributed by atoms with Crippen molar-refractivity contribution in [2.75, 3.05) is 0 Å². The van der Waals surface area contributed by atoms with Crippen LogP contribution in [0, 0.1) is 0 Å². The van der Waals surface area contributed by atoms with Crippen molar-refractivity contribution in [2.24, 2.45) is 0 Å². The van der Waals surface area contributed by atoms with Crippen molar-refractivity contribution in [3.05, 3.63) is 0 Å². The molecule has 58 valence electrons. The summed E-state index contributed by atoms with van der Waals surface area (Å²) < 4.78 is 15.6. The van der Waals surface area contributed by atoms with Gasteiger partial charge in [-0.2, -0.15) is 0 Å². The Morgan fingerprint density at radius 1 is 0.889 bits per heavy atom. The van der Waals surface area contributed by atoms with E-state index in [1.54, 1.807) is 0 Å². The van der Waals surface area contributed by atoms with Crippen LogP contribution in [-0.2, 0) is 14.7 Å². The van der Waals surface area contributed by atoms with Crippen LogP contribution in [0.5, 0.6) is 0 Å². The third-order valence-corrected chi connectivity index (χ3v) is 0. The summed E-state index contributed by atoms with van der Waals surface area (Å²) in [6, 6.07) is 0. The van der Waals surface area contributed by atoms with Gasteiger partial charge in [0.1, 0.15) is 0 Å². The third kappa shape index (κ3) is 95.4. The first-order chi connectivity index (χ1) is 2.00. The van der Waals surface area contributed by atoms with Crippen LogP contribution in [0.15, 0.2) is 0 Å². The van der Waals surface area contributed by atoms with Crippen molar-refractivity contribution in [1.29, 1.82) is 0 Å². The van der Waals surface area contributed by atoms with Crippen LogP contribution in [0.3, 0.4) is 0 Å². The molecule has 0 amide bonds. The van der Waals surface area contributed by atoms with Gasteiger partial charge in [-0.25, -0.2) is 0 Å². The van der Waals surface area contributed by atoms with Crippen molar-refractivity contribution in [3.8, 4) is 0 Å². The molecule has 0 aromatic rings. The van der Waals surface area contributed by atoms with Crippen molar-refractivity contribution in [3.63, 3.8) is 0 Å². The number of hydrogen-bond donors (Lipinski definition) is 4. The Kier molecular flexibility index (Phi) is 45.0. The van der Waals surface area contributed by atoms with E-state index in [1.807, 2.05) is 0 Å². The summed E-state index contributed by atoms with van der Waals surface area (Å²) in [5.41, 5.74) is 0. The van der Waals surface area contributed by atoms with E-state index in [-0.39, 0.29) is 71.4 Å². The zero-order chi connectivity index (χ0) is 4.50. The fourth-order valence-corrected chi connectivity index (χ4v) is 0. The van der Waals surface area contributed by atoms with Crippen molar-refractivity contribution in [1.82, 2.24) is 12.3 Å². The Hall–Kier alpha value is 3.11. The first kappa shape index (κ1) is 29.6.